The average Bonchev–Trinajstić information content (AvgIpc) is 2.69. The number of ether oxygens (including phenoxy) is 1. The number of amides is 1. The summed E-state index contributed by atoms with van der Waals surface area (Å²) in [7, 11) is 1.94. The van der Waals surface area contributed by atoms with Crippen LogP contribution in [0.1, 0.15) is 45.3 Å². The molecule has 0 aliphatic carbocycles. The van der Waals surface area contributed by atoms with E-state index in [4.69, 9.17) is 4.74 Å². The van der Waals surface area contributed by atoms with E-state index in [0.717, 1.165) is 11.5 Å². The summed E-state index contributed by atoms with van der Waals surface area (Å²) in [6.45, 7) is 10.0. The lowest BCUT2D eigenvalue weighted by Gasteiger charge is -2.33. The van der Waals surface area contributed by atoms with Gasteiger partial charge in [0.25, 0.3) is 0 Å². The van der Waals surface area contributed by atoms with Crippen molar-refractivity contribution in [3.63, 3.8) is 0 Å². The molecule has 1 amide bonds. The number of nitrogens with zero attached hydrogens (tertiary/aromatic N) is 3. The Bertz CT molecular complexity index is 473. The standard InChI is InChI=1S/C13H21N3O2/c1-8-7-14-11(15(8)6)10-9(2)16(12(17)18-10)13(3,4)5/h7,9-10H,1-6H3/t9-,10-/m0/s1. The van der Waals surface area contributed by atoms with Crippen LogP contribution in [-0.4, -0.2) is 32.1 Å². The van der Waals surface area contributed by atoms with Crippen LogP contribution in [0.2, 0.25) is 0 Å². The minimum Gasteiger partial charge on any atom is -0.436 e. The first-order chi connectivity index (χ1) is 8.23. The van der Waals surface area contributed by atoms with E-state index in [0.29, 0.717) is 0 Å². The summed E-state index contributed by atoms with van der Waals surface area (Å²) in [5.74, 6) is 0.806. The van der Waals surface area contributed by atoms with Gasteiger partial charge in [0.15, 0.2) is 11.9 Å². The Morgan fingerprint density at radius 2 is 2.00 bits per heavy atom. The molecule has 1 aliphatic rings. The van der Waals surface area contributed by atoms with Crippen LogP contribution < -0.4 is 0 Å². The molecular formula is C13H21N3O2. The van der Waals surface area contributed by atoms with Gasteiger partial charge in [0.1, 0.15) is 0 Å². The van der Waals surface area contributed by atoms with Gasteiger partial charge < -0.3 is 9.30 Å². The Labute approximate surface area is 108 Å². The predicted octanol–water partition coefficient (Wildman–Crippen LogP) is 2.41. The molecule has 1 aromatic rings. The number of cyclic esters (lactones) is 1. The Balaban J connectivity index is 2.34. The highest BCUT2D eigenvalue weighted by atomic mass is 16.6. The first-order valence-corrected chi connectivity index (χ1v) is 6.21. The molecule has 0 N–H and O–H groups in total. The van der Waals surface area contributed by atoms with Crippen LogP contribution in [0.4, 0.5) is 4.79 Å². The zero-order valence-corrected chi connectivity index (χ0v) is 11.9. The molecule has 0 unspecified atom stereocenters. The van der Waals surface area contributed by atoms with Gasteiger partial charge in [0.05, 0.1) is 6.04 Å². The summed E-state index contributed by atoms with van der Waals surface area (Å²) < 4.78 is 7.47. The highest BCUT2D eigenvalue weighted by Crippen LogP contribution is 2.36. The van der Waals surface area contributed by atoms with Gasteiger partial charge in [-0.25, -0.2) is 9.78 Å². The number of aromatic nitrogens is 2. The maximum Gasteiger partial charge on any atom is 0.411 e. The van der Waals surface area contributed by atoms with Gasteiger partial charge in [0, 0.05) is 24.5 Å². The maximum atomic E-state index is 12.0. The summed E-state index contributed by atoms with van der Waals surface area (Å²) in [6, 6.07) is -0.0157. The number of rotatable bonds is 1. The maximum absolute atomic E-state index is 12.0. The molecular weight excluding hydrogens is 230 g/mol. The molecule has 0 spiro atoms. The second-order valence-corrected chi connectivity index (χ2v) is 5.90. The van der Waals surface area contributed by atoms with Crippen molar-refractivity contribution in [1.29, 1.82) is 0 Å². The van der Waals surface area contributed by atoms with Crippen LogP contribution in [0.3, 0.4) is 0 Å². The van der Waals surface area contributed by atoms with Crippen molar-refractivity contribution in [2.45, 2.75) is 52.3 Å². The first kappa shape index (κ1) is 12.9. The minimum absolute atomic E-state index is 0.0157. The number of carbonyl (C=O) groups is 1. The zero-order valence-electron chi connectivity index (χ0n) is 11.9. The quantitative estimate of drug-likeness (QED) is 0.770. The summed E-state index contributed by atoms with van der Waals surface area (Å²) in [6.07, 6.45) is 1.24. The molecule has 2 atom stereocenters. The zero-order chi connectivity index (χ0) is 13.7. The van der Waals surface area contributed by atoms with Gasteiger partial charge in [-0.1, -0.05) is 0 Å². The third-order valence-corrected chi connectivity index (χ3v) is 3.50. The molecule has 100 valence electrons. The fraction of sp³-hybridized carbons (Fsp3) is 0.692. The molecule has 0 radical (unpaired) electrons. The highest BCUT2D eigenvalue weighted by molar-refractivity contribution is 5.71. The topological polar surface area (TPSA) is 47.4 Å². The minimum atomic E-state index is -0.296. The Kier molecular flexibility index (Phi) is 2.87. The van der Waals surface area contributed by atoms with E-state index in [1.54, 1.807) is 11.1 Å². The van der Waals surface area contributed by atoms with E-state index in [1.807, 2.05) is 46.2 Å². The normalized spacial score (nSPS) is 24.6. The monoisotopic (exact) mass is 251 g/mol. The van der Waals surface area contributed by atoms with Crippen LogP contribution >= 0.6 is 0 Å². The van der Waals surface area contributed by atoms with E-state index in [1.165, 1.54) is 0 Å². The SMILES string of the molecule is Cc1cnc([C@H]2OC(=O)N(C(C)(C)C)[C@H]2C)n1C. The number of aryl methyl sites for hydroxylation is 1. The van der Waals surface area contributed by atoms with Gasteiger partial charge in [0.2, 0.25) is 0 Å². The molecule has 1 saturated heterocycles. The Hall–Kier alpha value is -1.52. The molecule has 5 heteroatoms. The lowest BCUT2D eigenvalue weighted by Crippen LogP contribution is -2.46. The Morgan fingerprint density at radius 1 is 1.39 bits per heavy atom. The fourth-order valence-corrected chi connectivity index (χ4v) is 2.50. The predicted molar refractivity (Wildman–Crippen MR) is 68.2 cm³/mol. The van der Waals surface area contributed by atoms with Crippen molar-refractivity contribution in [2.75, 3.05) is 0 Å². The molecule has 0 bridgehead atoms. The van der Waals surface area contributed by atoms with E-state index >= 15 is 0 Å². The molecule has 2 rings (SSSR count). The lowest BCUT2D eigenvalue weighted by atomic mass is 10.0. The molecule has 1 aliphatic heterocycles. The van der Waals surface area contributed by atoms with Gasteiger partial charge >= 0.3 is 6.09 Å². The molecule has 18 heavy (non-hydrogen) atoms. The van der Waals surface area contributed by atoms with E-state index in [2.05, 4.69) is 4.98 Å². The smallest absolute Gasteiger partial charge is 0.411 e. The van der Waals surface area contributed by atoms with Gasteiger partial charge in [-0.05, 0) is 34.6 Å². The van der Waals surface area contributed by atoms with Crippen molar-refractivity contribution < 1.29 is 9.53 Å². The molecule has 0 saturated carbocycles. The third-order valence-electron chi connectivity index (χ3n) is 3.50. The third kappa shape index (κ3) is 1.87. The number of hydrogen-bond acceptors (Lipinski definition) is 3. The number of carbonyl (C=O) groups excluding carboxylic acids is 1. The second-order valence-electron chi connectivity index (χ2n) is 5.90. The van der Waals surface area contributed by atoms with Crippen LogP contribution in [0.15, 0.2) is 6.20 Å². The van der Waals surface area contributed by atoms with Crippen molar-refractivity contribution in [3.05, 3.63) is 17.7 Å². The van der Waals surface area contributed by atoms with E-state index < -0.39 is 0 Å². The molecule has 1 fully saturated rings. The molecule has 5 nitrogen and oxygen atoms in total. The molecule has 0 aromatic carbocycles. The van der Waals surface area contributed by atoms with Crippen molar-refractivity contribution in [2.24, 2.45) is 7.05 Å². The van der Waals surface area contributed by atoms with Gasteiger partial charge in [-0.15, -0.1) is 0 Å². The summed E-state index contributed by atoms with van der Waals surface area (Å²) >= 11 is 0. The van der Waals surface area contributed by atoms with Crippen molar-refractivity contribution >= 4 is 6.09 Å². The van der Waals surface area contributed by atoms with Crippen molar-refractivity contribution in [3.8, 4) is 0 Å². The van der Waals surface area contributed by atoms with Crippen LogP contribution in [0.5, 0.6) is 0 Å². The van der Waals surface area contributed by atoms with E-state index in [9.17, 15) is 4.79 Å². The summed E-state index contributed by atoms with van der Waals surface area (Å²) in [4.78, 5) is 18.1. The first-order valence-electron chi connectivity index (χ1n) is 6.21. The lowest BCUT2D eigenvalue weighted by molar-refractivity contribution is 0.117. The van der Waals surface area contributed by atoms with Gasteiger partial charge in [-0.3, -0.25) is 4.90 Å². The number of imidazole rings is 1. The van der Waals surface area contributed by atoms with Crippen molar-refractivity contribution in [1.82, 2.24) is 14.5 Å². The van der Waals surface area contributed by atoms with Crippen LogP contribution in [0, 0.1) is 6.92 Å². The summed E-state index contributed by atoms with van der Waals surface area (Å²) in [5, 5.41) is 0. The van der Waals surface area contributed by atoms with E-state index in [-0.39, 0.29) is 23.8 Å². The summed E-state index contributed by atoms with van der Waals surface area (Å²) in [5.41, 5.74) is 0.813. The fourth-order valence-electron chi connectivity index (χ4n) is 2.50. The molecule has 2 heterocycles. The van der Waals surface area contributed by atoms with Crippen LogP contribution in [-0.2, 0) is 11.8 Å². The second kappa shape index (κ2) is 4.00. The number of hydrogen-bond donors (Lipinski definition) is 0. The van der Waals surface area contributed by atoms with Gasteiger partial charge in [-0.2, -0.15) is 0 Å². The largest absolute Gasteiger partial charge is 0.436 e. The Morgan fingerprint density at radius 3 is 2.39 bits per heavy atom. The van der Waals surface area contributed by atoms with Crippen LogP contribution in [0.25, 0.3) is 0 Å². The molecule has 1 aromatic heterocycles. The highest BCUT2D eigenvalue weighted by Gasteiger charge is 2.46. The average molecular weight is 251 g/mol.